The lowest BCUT2D eigenvalue weighted by Gasteiger charge is -2.33. The molecule has 1 heterocycles. The lowest BCUT2D eigenvalue weighted by atomic mass is 9.92. The molecule has 180 valence electrons. The fourth-order valence-electron chi connectivity index (χ4n) is 4.78. The van der Waals surface area contributed by atoms with E-state index in [0.29, 0.717) is 30.8 Å². The highest BCUT2D eigenvalue weighted by atomic mass is 32.2. The third kappa shape index (κ3) is 5.58. The Bertz CT molecular complexity index is 1060. The highest BCUT2D eigenvalue weighted by molar-refractivity contribution is 7.89. The molecule has 2 aromatic carbocycles. The Morgan fingerprint density at radius 1 is 1.03 bits per heavy atom. The molecule has 1 aliphatic heterocycles. The standard InChI is InChI=1S/C26H36N2O4S/c1-17(2)24(21-7-9-23(32-6)10-8-21)27-26(29)22-11-13-28(14-12-22)33(30,31)25-19(4)15-18(3)16-20(25)5/h7-10,15-17,22,24H,11-14H2,1-6H3,(H,27,29). The molecule has 0 bridgehead atoms. The molecule has 2 aromatic rings. The molecule has 1 N–H and O–H groups in total. The molecule has 0 radical (unpaired) electrons. The normalized spacial score (nSPS) is 16.6. The summed E-state index contributed by atoms with van der Waals surface area (Å²) in [4.78, 5) is 13.5. The number of methoxy groups -OCH3 is 1. The summed E-state index contributed by atoms with van der Waals surface area (Å²) in [7, 11) is -1.96. The third-order valence-corrected chi connectivity index (χ3v) is 8.67. The first-order valence-electron chi connectivity index (χ1n) is 11.6. The van der Waals surface area contributed by atoms with Crippen LogP contribution >= 0.6 is 0 Å². The number of piperidine rings is 1. The van der Waals surface area contributed by atoms with Crippen LogP contribution in [-0.4, -0.2) is 38.8 Å². The van der Waals surface area contributed by atoms with Gasteiger partial charge in [0.15, 0.2) is 0 Å². The summed E-state index contributed by atoms with van der Waals surface area (Å²) in [6, 6.07) is 11.5. The molecule has 6 nitrogen and oxygen atoms in total. The summed E-state index contributed by atoms with van der Waals surface area (Å²) >= 11 is 0. The zero-order valence-electron chi connectivity index (χ0n) is 20.5. The average molecular weight is 473 g/mol. The quantitative estimate of drug-likeness (QED) is 0.642. The number of hydrogen-bond acceptors (Lipinski definition) is 4. The highest BCUT2D eigenvalue weighted by Gasteiger charge is 2.34. The molecular weight excluding hydrogens is 436 g/mol. The molecular formula is C26H36N2O4S. The second-order valence-electron chi connectivity index (χ2n) is 9.41. The number of carbonyl (C=O) groups excluding carboxylic acids is 1. The summed E-state index contributed by atoms with van der Waals surface area (Å²) in [5.74, 6) is 0.788. The van der Waals surface area contributed by atoms with Crippen LogP contribution in [0.3, 0.4) is 0 Å². The van der Waals surface area contributed by atoms with Crippen LogP contribution in [0.15, 0.2) is 41.3 Å². The van der Waals surface area contributed by atoms with E-state index in [2.05, 4.69) is 19.2 Å². The Hall–Kier alpha value is -2.38. The van der Waals surface area contributed by atoms with Gasteiger partial charge < -0.3 is 10.1 Å². The highest BCUT2D eigenvalue weighted by Crippen LogP contribution is 2.30. The Morgan fingerprint density at radius 3 is 2.06 bits per heavy atom. The van der Waals surface area contributed by atoms with Crippen molar-refractivity contribution in [1.82, 2.24) is 9.62 Å². The summed E-state index contributed by atoms with van der Waals surface area (Å²) in [5.41, 5.74) is 3.62. The largest absolute Gasteiger partial charge is 0.497 e. The lowest BCUT2D eigenvalue weighted by Crippen LogP contribution is -2.44. The zero-order valence-corrected chi connectivity index (χ0v) is 21.3. The van der Waals surface area contributed by atoms with Gasteiger partial charge in [-0.25, -0.2) is 8.42 Å². The Labute approximate surface area is 198 Å². The fraction of sp³-hybridized carbons (Fsp3) is 0.500. The maximum Gasteiger partial charge on any atom is 0.243 e. The van der Waals surface area contributed by atoms with Crippen LogP contribution in [0.2, 0.25) is 0 Å². The average Bonchev–Trinajstić information content (AvgIpc) is 2.76. The predicted octanol–water partition coefficient (Wildman–Crippen LogP) is 4.53. The molecule has 3 rings (SSSR count). The van der Waals surface area contributed by atoms with Gasteiger partial charge in [0.25, 0.3) is 0 Å². The van der Waals surface area contributed by atoms with E-state index < -0.39 is 10.0 Å². The molecule has 7 heteroatoms. The third-order valence-electron chi connectivity index (χ3n) is 6.47. The number of benzene rings is 2. The van der Waals surface area contributed by atoms with Crippen LogP contribution < -0.4 is 10.1 Å². The van der Waals surface area contributed by atoms with Crippen molar-refractivity contribution in [3.63, 3.8) is 0 Å². The smallest absolute Gasteiger partial charge is 0.243 e. The molecule has 1 aliphatic rings. The number of sulfonamides is 1. The van der Waals surface area contributed by atoms with E-state index >= 15 is 0 Å². The van der Waals surface area contributed by atoms with E-state index in [1.54, 1.807) is 7.11 Å². The molecule has 0 spiro atoms. The zero-order chi connectivity index (χ0) is 24.3. The predicted molar refractivity (Wildman–Crippen MR) is 131 cm³/mol. The van der Waals surface area contributed by atoms with Crippen molar-refractivity contribution >= 4 is 15.9 Å². The molecule has 0 aromatic heterocycles. The molecule has 1 saturated heterocycles. The molecule has 0 saturated carbocycles. The summed E-state index contributed by atoms with van der Waals surface area (Å²) in [6.45, 7) is 10.5. The van der Waals surface area contributed by atoms with Crippen molar-refractivity contribution in [2.75, 3.05) is 20.2 Å². The molecule has 1 amide bonds. The van der Waals surface area contributed by atoms with Gasteiger partial charge in [-0.2, -0.15) is 4.31 Å². The van der Waals surface area contributed by atoms with Crippen LogP contribution in [0.4, 0.5) is 0 Å². The van der Waals surface area contributed by atoms with E-state index in [1.807, 2.05) is 57.2 Å². The molecule has 1 fully saturated rings. The van der Waals surface area contributed by atoms with Gasteiger partial charge in [-0.3, -0.25) is 4.79 Å². The van der Waals surface area contributed by atoms with Gasteiger partial charge in [0.2, 0.25) is 15.9 Å². The van der Waals surface area contributed by atoms with Gasteiger partial charge in [-0.1, -0.05) is 43.7 Å². The molecule has 33 heavy (non-hydrogen) atoms. The van der Waals surface area contributed by atoms with Crippen LogP contribution in [0.1, 0.15) is 55.0 Å². The van der Waals surface area contributed by atoms with Gasteiger partial charge >= 0.3 is 0 Å². The van der Waals surface area contributed by atoms with E-state index in [1.165, 1.54) is 4.31 Å². The van der Waals surface area contributed by atoms with E-state index in [-0.39, 0.29) is 23.8 Å². The minimum atomic E-state index is -3.59. The minimum absolute atomic E-state index is 0.00994. The second kappa shape index (κ2) is 10.3. The fourth-order valence-corrected chi connectivity index (χ4v) is 6.66. The summed E-state index contributed by atoms with van der Waals surface area (Å²) in [6.07, 6.45) is 1.03. The molecule has 1 unspecified atom stereocenters. The number of hydrogen-bond donors (Lipinski definition) is 1. The van der Waals surface area contributed by atoms with Crippen LogP contribution in [0, 0.1) is 32.6 Å². The van der Waals surface area contributed by atoms with Gasteiger partial charge in [0.1, 0.15) is 5.75 Å². The Kier molecular flexibility index (Phi) is 7.85. The van der Waals surface area contributed by atoms with Crippen molar-refractivity contribution in [1.29, 1.82) is 0 Å². The lowest BCUT2D eigenvalue weighted by molar-refractivity contribution is -0.127. The van der Waals surface area contributed by atoms with Crippen molar-refractivity contribution in [3.8, 4) is 5.75 Å². The summed E-state index contributed by atoms with van der Waals surface area (Å²) < 4.78 is 33.4. The number of rotatable bonds is 7. The van der Waals surface area contributed by atoms with E-state index in [0.717, 1.165) is 28.0 Å². The number of aryl methyl sites for hydroxylation is 3. The number of nitrogens with zero attached hydrogens (tertiary/aromatic N) is 1. The molecule has 1 atom stereocenters. The number of amides is 1. The summed E-state index contributed by atoms with van der Waals surface area (Å²) in [5, 5.41) is 3.20. The van der Waals surface area contributed by atoms with Crippen LogP contribution in [0.25, 0.3) is 0 Å². The number of nitrogens with one attached hydrogen (secondary N) is 1. The Morgan fingerprint density at radius 2 is 1.58 bits per heavy atom. The number of carbonyl (C=O) groups is 1. The Balaban J connectivity index is 1.68. The van der Waals surface area contributed by atoms with Crippen LogP contribution in [-0.2, 0) is 14.8 Å². The van der Waals surface area contributed by atoms with E-state index in [9.17, 15) is 13.2 Å². The monoisotopic (exact) mass is 472 g/mol. The SMILES string of the molecule is COc1ccc(C(NC(=O)C2CCN(S(=O)(=O)c3c(C)cc(C)cc3C)CC2)C(C)C)cc1. The van der Waals surface area contributed by atoms with Gasteiger partial charge in [-0.15, -0.1) is 0 Å². The van der Waals surface area contributed by atoms with Crippen molar-refractivity contribution in [3.05, 3.63) is 58.7 Å². The van der Waals surface area contributed by atoms with E-state index in [4.69, 9.17) is 4.74 Å². The maximum atomic E-state index is 13.3. The molecule has 0 aliphatic carbocycles. The maximum absolute atomic E-state index is 13.3. The van der Waals surface area contributed by atoms with Gasteiger partial charge in [-0.05, 0) is 68.4 Å². The van der Waals surface area contributed by atoms with Gasteiger partial charge in [0.05, 0.1) is 18.0 Å². The number of ether oxygens (including phenoxy) is 1. The first-order valence-corrected chi connectivity index (χ1v) is 13.0. The minimum Gasteiger partial charge on any atom is -0.497 e. The second-order valence-corrected chi connectivity index (χ2v) is 11.3. The van der Waals surface area contributed by atoms with Gasteiger partial charge in [0, 0.05) is 19.0 Å². The topological polar surface area (TPSA) is 75.7 Å². The van der Waals surface area contributed by atoms with Crippen LogP contribution in [0.5, 0.6) is 5.75 Å². The van der Waals surface area contributed by atoms with Crippen molar-refractivity contribution < 1.29 is 17.9 Å². The first-order chi connectivity index (χ1) is 15.5. The van der Waals surface area contributed by atoms with Crippen molar-refractivity contribution in [2.24, 2.45) is 11.8 Å². The first kappa shape index (κ1) is 25.2. The van der Waals surface area contributed by atoms with Crippen molar-refractivity contribution in [2.45, 2.75) is 58.4 Å².